The van der Waals surface area contributed by atoms with Crippen molar-refractivity contribution in [2.24, 2.45) is 0 Å². The molecule has 2 aromatic carbocycles. The lowest BCUT2D eigenvalue weighted by Gasteiger charge is -2.11. The van der Waals surface area contributed by atoms with E-state index in [1.807, 2.05) is 6.07 Å². The second-order valence-corrected chi connectivity index (χ2v) is 4.59. The fourth-order valence-electron chi connectivity index (χ4n) is 1.79. The summed E-state index contributed by atoms with van der Waals surface area (Å²) in [6.45, 7) is 0. The van der Waals surface area contributed by atoms with Crippen molar-refractivity contribution in [1.82, 2.24) is 10.9 Å². The number of nitrogens with one attached hydrogen (secondary N) is 3. The predicted molar refractivity (Wildman–Crippen MR) is 82.4 cm³/mol. The minimum Gasteiger partial charge on any atom is -0.387 e. The largest absolute Gasteiger partial charge is 0.387 e. The monoisotopic (exact) mass is 303 g/mol. The number of para-hydroxylation sites is 1. The molecule has 0 aliphatic rings. The van der Waals surface area contributed by atoms with Crippen LogP contribution in [0.15, 0.2) is 48.5 Å². The molecule has 0 bridgehead atoms. The number of carbonyl (C=O) groups excluding carboxylic acids is 2. The highest BCUT2D eigenvalue weighted by molar-refractivity contribution is 6.33. The highest BCUT2D eigenvalue weighted by Crippen LogP contribution is 2.15. The van der Waals surface area contributed by atoms with Gasteiger partial charge in [0.15, 0.2) is 0 Å². The van der Waals surface area contributed by atoms with Gasteiger partial charge in [0.2, 0.25) is 0 Å². The van der Waals surface area contributed by atoms with Crippen molar-refractivity contribution in [1.29, 1.82) is 0 Å². The Bertz CT molecular complexity index is 673. The maximum atomic E-state index is 12.0. The van der Waals surface area contributed by atoms with Crippen LogP contribution in [0.25, 0.3) is 0 Å². The number of hydrogen-bond donors (Lipinski definition) is 3. The van der Waals surface area contributed by atoms with Gasteiger partial charge < -0.3 is 5.32 Å². The maximum absolute atomic E-state index is 12.0. The van der Waals surface area contributed by atoms with Gasteiger partial charge >= 0.3 is 0 Å². The summed E-state index contributed by atoms with van der Waals surface area (Å²) < 4.78 is 0. The molecule has 0 radical (unpaired) electrons. The second-order valence-electron chi connectivity index (χ2n) is 4.18. The zero-order valence-electron chi connectivity index (χ0n) is 11.3. The number of carbonyl (C=O) groups is 2. The maximum Gasteiger partial charge on any atom is 0.271 e. The molecule has 0 aliphatic carbocycles. The van der Waals surface area contributed by atoms with E-state index in [0.717, 1.165) is 0 Å². The molecular formula is C15H14ClN3O2. The Balaban J connectivity index is 2.05. The molecule has 0 aliphatic heterocycles. The van der Waals surface area contributed by atoms with Crippen LogP contribution in [-0.4, -0.2) is 18.9 Å². The number of hydrazine groups is 1. The lowest BCUT2D eigenvalue weighted by Crippen LogP contribution is -2.41. The standard InChI is InChI=1S/C15H14ClN3O2/c1-17-13-9-5-3-7-11(13)15(21)19-18-14(20)10-6-2-4-8-12(10)16/h2-9,17H,1H3,(H,18,20)(H,19,21). The van der Waals surface area contributed by atoms with E-state index in [4.69, 9.17) is 11.6 Å². The van der Waals surface area contributed by atoms with Crippen molar-refractivity contribution in [2.75, 3.05) is 12.4 Å². The van der Waals surface area contributed by atoms with Gasteiger partial charge in [0.25, 0.3) is 11.8 Å². The topological polar surface area (TPSA) is 70.2 Å². The molecule has 6 heteroatoms. The second kappa shape index (κ2) is 6.76. The number of anilines is 1. The Morgan fingerprint density at radius 3 is 2.00 bits per heavy atom. The molecule has 2 rings (SSSR count). The molecular weight excluding hydrogens is 290 g/mol. The molecule has 0 atom stereocenters. The molecule has 0 saturated heterocycles. The molecule has 0 unspecified atom stereocenters. The molecule has 108 valence electrons. The van der Waals surface area contributed by atoms with Gasteiger partial charge in [-0.05, 0) is 24.3 Å². The van der Waals surface area contributed by atoms with Crippen LogP contribution in [0.4, 0.5) is 5.69 Å². The van der Waals surface area contributed by atoms with Crippen molar-refractivity contribution in [3.63, 3.8) is 0 Å². The summed E-state index contributed by atoms with van der Waals surface area (Å²) in [7, 11) is 1.72. The summed E-state index contributed by atoms with van der Waals surface area (Å²) in [4.78, 5) is 24.0. The fraction of sp³-hybridized carbons (Fsp3) is 0.0667. The average molecular weight is 304 g/mol. The summed E-state index contributed by atoms with van der Waals surface area (Å²) in [6.07, 6.45) is 0. The quantitative estimate of drug-likeness (QED) is 0.763. The van der Waals surface area contributed by atoms with Gasteiger partial charge in [0, 0.05) is 12.7 Å². The molecule has 3 N–H and O–H groups in total. The summed E-state index contributed by atoms with van der Waals surface area (Å²) in [5.41, 5.74) is 6.09. The highest BCUT2D eigenvalue weighted by atomic mass is 35.5. The van der Waals surface area contributed by atoms with Crippen molar-refractivity contribution in [3.05, 3.63) is 64.7 Å². The summed E-state index contributed by atoms with van der Waals surface area (Å²) in [5, 5.41) is 3.23. The number of halogens is 1. The molecule has 21 heavy (non-hydrogen) atoms. The molecule has 0 aromatic heterocycles. The Labute approximate surface area is 127 Å². The first kappa shape index (κ1) is 14.9. The molecule has 2 aromatic rings. The first-order chi connectivity index (χ1) is 10.1. The molecule has 5 nitrogen and oxygen atoms in total. The molecule has 0 fully saturated rings. The van der Waals surface area contributed by atoms with Gasteiger partial charge in [-0.2, -0.15) is 0 Å². The average Bonchev–Trinajstić information content (AvgIpc) is 2.52. The van der Waals surface area contributed by atoms with Crippen molar-refractivity contribution in [2.45, 2.75) is 0 Å². The van der Waals surface area contributed by atoms with Crippen molar-refractivity contribution in [3.8, 4) is 0 Å². The Morgan fingerprint density at radius 2 is 1.38 bits per heavy atom. The first-order valence-electron chi connectivity index (χ1n) is 6.25. The fourth-order valence-corrected chi connectivity index (χ4v) is 2.01. The van der Waals surface area contributed by atoms with Crippen molar-refractivity contribution >= 4 is 29.1 Å². The van der Waals surface area contributed by atoms with Gasteiger partial charge in [-0.3, -0.25) is 20.4 Å². The van der Waals surface area contributed by atoms with Crippen LogP contribution in [0.5, 0.6) is 0 Å². The predicted octanol–water partition coefficient (Wildman–Crippen LogP) is 2.46. The van der Waals surface area contributed by atoms with Crippen LogP contribution in [0.2, 0.25) is 5.02 Å². The summed E-state index contributed by atoms with van der Waals surface area (Å²) in [5.74, 6) is -0.892. The van der Waals surface area contributed by atoms with E-state index in [0.29, 0.717) is 21.8 Å². The Hall–Kier alpha value is -2.53. The minimum absolute atomic E-state index is 0.293. The van der Waals surface area contributed by atoms with Crippen LogP contribution in [0.3, 0.4) is 0 Å². The minimum atomic E-state index is -0.476. The summed E-state index contributed by atoms with van der Waals surface area (Å²) in [6, 6.07) is 13.6. The molecule has 0 spiro atoms. The van der Waals surface area contributed by atoms with Gasteiger partial charge in [-0.1, -0.05) is 35.9 Å². The van der Waals surface area contributed by atoms with Crippen LogP contribution < -0.4 is 16.2 Å². The molecule has 2 amide bonds. The smallest absolute Gasteiger partial charge is 0.271 e. The lowest BCUT2D eigenvalue weighted by molar-refractivity contribution is 0.0847. The van der Waals surface area contributed by atoms with E-state index in [1.54, 1.807) is 49.5 Å². The number of benzene rings is 2. The van der Waals surface area contributed by atoms with E-state index >= 15 is 0 Å². The van der Waals surface area contributed by atoms with Crippen LogP contribution in [-0.2, 0) is 0 Å². The zero-order chi connectivity index (χ0) is 15.2. The molecule has 0 heterocycles. The van der Waals surface area contributed by atoms with Crippen LogP contribution >= 0.6 is 11.6 Å². The third kappa shape index (κ3) is 3.52. The third-order valence-electron chi connectivity index (χ3n) is 2.85. The van der Waals surface area contributed by atoms with E-state index in [2.05, 4.69) is 16.2 Å². The number of amides is 2. The van der Waals surface area contributed by atoms with E-state index in [-0.39, 0.29) is 0 Å². The SMILES string of the molecule is CNc1ccccc1C(=O)NNC(=O)c1ccccc1Cl. The lowest BCUT2D eigenvalue weighted by atomic mass is 10.1. The number of hydrogen-bond acceptors (Lipinski definition) is 3. The Morgan fingerprint density at radius 1 is 0.857 bits per heavy atom. The normalized spacial score (nSPS) is 9.81. The third-order valence-corrected chi connectivity index (χ3v) is 3.18. The molecule has 0 saturated carbocycles. The Kier molecular flexibility index (Phi) is 4.79. The van der Waals surface area contributed by atoms with Crippen molar-refractivity contribution < 1.29 is 9.59 Å². The van der Waals surface area contributed by atoms with Crippen LogP contribution in [0.1, 0.15) is 20.7 Å². The highest BCUT2D eigenvalue weighted by Gasteiger charge is 2.13. The van der Waals surface area contributed by atoms with E-state index in [1.165, 1.54) is 0 Å². The van der Waals surface area contributed by atoms with Gasteiger partial charge in [-0.25, -0.2) is 0 Å². The summed E-state index contributed by atoms with van der Waals surface area (Å²) >= 11 is 5.92. The van der Waals surface area contributed by atoms with E-state index in [9.17, 15) is 9.59 Å². The van der Waals surface area contributed by atoms with E-state index < -0.39 is 11.8 Å². The zero-order valence-corrected chi connectivity index (χ0v) is 12.1. The van der Waals surface area contributed by atoms with Gasteiger partial charge in [0.05, 0.1) is 16.1 Å². The first-order valence-corrected chi connectivity index (χ1v) is 6.63. The van der Waals surface area contributed by atoms with Gasteiger partial charge in [0.1, 0.15) is 0 Å². The van der Waals surface area contributed by atoms with Crippen LogP contribution in [0, 0.1) is 0 Å². The number of rotatable bonds is 3. The van der Waals surface area contributed by atoms with Gasteiger partial charge in [-0.15, -0.1) is 0 Å².